The SMILES string of the molecule is CN1CCc2cc([C@H](CNC(=O)C(=O)Nc3cccc(C(F)(F)F)c3)N3CCCCC3)ccc21. The number of amides is 2. The normalized spacial score (nSPS) is 17.2. The molecule has 9 heteroatoms. The number of fused-ring (bicyclic) bond motifs is 1. The smallest absolute Gasteiger partial charge is 0.374 e. The summed E-state index contributed by atoms with van der Waals surface area (Å²) in [6, 6.07) is 10.5. The Morgan fingerprint density at radius 3 is 2.50 bits per heavy atom. The van der Waals surface area contributed by atoms with Crippen molar-refractivity contribution in [3.63, 3.8) is 0 Å². The minimum absolute atomic E-state index is 0.0784. The standard InChI is InChI=1S/C25H29F3N4O2/c1-31-13-10-18-14-17(8-9-21(18)31)22(32-11-3-2-4-12-32)16-29-23(33)24(34)30-20-7-5-6-19(15-20)25(26,27)28/h5-9,14-15,22H,2-4,10-13,16H2,1H3,(H,29,33)(H,30,34)/t22-/m0/s1. The number of halogens is 3. The summed E-state index contributed by atoms with van der Waals surface area (Å²) >= 11 is 0. The van der Waals surface area contributed by atoms with Crippen molar-refractivity contribution in [1.82, 2.24) is 10.2 Å². The van der Waals surface area contributed by atoms with E-state index in [2.05, 4.69) is 45.7 Å². The molecule has 6 nitrogen and oxygen atoms in total. The number of carbonyl (C=O) groups is 2. The first kappa shape index (κ1) is 24.1. The first-order valence-electron chi connectivity index (χ1n) is 11.6. The molecule has 0 aliphatic carbocycles. The fourth-order valence-electron chi connectivity index (χ4n) is 4.71. The van der Waals surface area contributed by atoms with Gasteiger partial charge in [-0.2, -0.15) is 13.2 Å². The van der Waals surface area contributed by atoms with E-state index in [1.807, 2.05) is 0 Å². The monoisotopic (exact) mass is 474 g/mol. The highest BCUT2D eigenvalue weighted by molar-refractivity contribution is 6.39. The van der Waals surface area contributed by atoms with Gasteiger partial charge in [-0.3, -0.25) is 14.5 Å². The third kappa shape index (κ3) is 5.52. The molecule has 0 radical (unpaired) electrons. The number of piperidine rings is 1. The van der Waals surface area contributed by atoms with Gasteiger partial charge in [0.2, 0.25) is 0 Å². The molecule has 0 aromatic heterocycles. The number of anilines is 2. The molecule has 0 unspecified atom stereocenters. The Kier molecular flexibility index (Phi) is 7.11. The first-order valence-corrected chi connectivity index (χ1v) is 11.6. The summed E-state index contributed by atoms with van der Waals surface area (Å²) in [5.74, 6) is -1.87. The first-order chi connectivity index (χ1) is 16.2. The van der Waals surface area contributed by atoms with Crippen molar-refractivity contribution in [1.29, 1.82) is 0 Å². The summed E-state index contributed by atoms with van der Waals surface area (Å²) in [5.41, 5.74) is 2.61. The number of rotatable bonds is 5. The van der Waals surface area contributed by atoms with Gasteiger partial charge in [0.1, 0.15) is 0 Å². The fourth-order valence-corrected chi connectivity index (χ4v) is 4.71. The van der Waals surface area contributed by atoms with Crippen molar-refractivity contribution >= 4 is 23.2 Å². The number of alkyl halides is 3. The molecule has 2 aliphatic heterocycles. The van der Waals surface area contributed by atoms with Gasteiger partial charge in [0.25, 0.3) is 0 Å². The molecule has 2 aliphatic rings. The molecule has 2 amide bonds. The van der Waals surface area contributed by atoms with Crippen LogP contribution in [0.5, 0.6) is 0 Å². The molecule has 1 fully saturated rings. The lowest BCUT2D eigenvalue weighted by Crippen LogP contribution is -2.43. The van der Waals surface area contributed by atoms with E-state index in [1.165, 1.54) is 29.8 Å². The van der Waals surface area contributed by atoms with E-state index in [9.17, 15) is 22.8 Å². The Hall–Kier alpha value is -3.07. The molecule has 0 bridgehead atoms. The lowest BCUT2D eigenvalue weighted by atomic mass is 9.98. The maximum atomic E-state index is 12.9. The van der Waals surface area contributed by atoms with Crippen molar-refractivity contribution in [3.8, 4) is 0 Å². The number of nitrogens with one attached hydrogen (secondary N) is 2. The highest BCUT2D eigenvalue weighted by Crippen LogP contribution is 2.32. The second kappa shape index (κ2) is 10.0. The van der Waals surface area contributed by atoms with Crippen molar-refractivity contribution in [2.75, 3.05) is 43.4 Å². The van der Waals surface area contributed by atoms with Gasteiger partial charge in [0, 0.05) is 31.5 Å². The van der Waals surface area contributed by atoms with E-state index in [1.54, 1.807) is 0 Å². The molecule has 2 aromatic rings. The van der Waals surface area contributed by atoms with Crippen LogP contribution in [0.1, 0.15) is 42.0 Å². The Bertz CT molecular complexity index is 1050. The molecule has 0 spiro atoms. The van der Waals surface area contributed by atoms with Crippen molar-refractivity contribution < 1.29 is 22.8 Å². The summed E-state index contributed by atoms with van der Waals surface area (Å²) < 4.78 is 38.7. The molecule has 1 saturated heterocycles. The molecular formula is C25H29F3N4O2. The molecule has 34 heavy (non-hydrogen) atoms. The third-order valence-electron chi connectivity index (χ3n) is 6.56. The lowest BCUT2D eigenvalue weighted by molar-refractivity contribution is -0.137. The van der Waals surface area contributed by atoms with Crippen molar-refractivity contribution in [2.45, 2.75) is 37.9 Å². The molecule has 2 heterocycles. The van der Waals surface area contributed by atoms with Crippen LogP contribution in [-0.2, 0) is 22.2 Å². The summed E-state index contributed by atoms with van der Waals surface area (Å²) in [5, 5.41) is 4.96. The van der Waals surface area contributed by atoms with Gasteiger partial charge in [0.05, 0.1) is 11.6 Å². The highest BCUT2D eigenvalue weighted by Gasteiger charge is 2.31. The van der Waals surface area contributed by atoms with E-state index in [-0.39, 0.29) is 18.3 Å². The van der Waals surface area contributed by atoms with Crippen molar-refractivity contribution in [2.24, 2.45) is 0 Å². The van der Waals surface area contributed by atoms with E-state index >= 15 is 0 Å². The maximum absolute atomic E-state index is 12.9. The van der Waals surface area contributed by atoms with E-state index in [0.29, 0.717) is 0 Å². The second-order valence-corrected chi connectivity index (χ2v) is 8.91. The third-order valence-corrected chi connectivity index (χ3v) is 6.56. The highest BCUT2D eigenvalue weighted by atomic mass is 19.4. The molecule has 2 aromatic carbocycles. The second-order valence-electron chi connectivity index (χ2n) is 8.91. The molecule has 182 valence electrons. The van der Waals surface area contributed by atoms with Crippen LogP contribution in [0, 0.1) is 0 Å². The van der Waals surface area contributed by atoms with Gasteiger partial charge in [-0.15, -0.1) is 0 Å². The summed E-state index contributed by atoms with van der Waals surface area (Å²) in [4.78, 5) is 29.4. The molecular weight excluding hydrogens is 445 g/mol. The number of nitrogens with zero attached hydrogens (tertiary/aromatic N) is 2. The maximum Gasteiger partial charge on any atom is 0.416 e. The van der Waals surface area contributed by atoms with Crippen LogP contribution in [0.2, 0.25) is 0 Å². The van der Waals surface area contributed by atoms with Gasteiger partial charge in [-0.05, 0) is 67.7 Å². The van der Waals surface area contributed by atoms with Crippen LogP contribution in [0.3, 0.4) is 0 Å². The quantitative estimate of drug-likeness (QED) is 0.644. The van der Waals surface area contributed by atoms with Crippen LogP contribution >= 0.6 is 0 Å². The van der Waals surface area contributed by atoms with Crippen LogP contribution in [0.15, 0.2) is 42.5 Å². The Morgan fingerprint density at radius 1 is 1.00 bits per heavy atom. The largest absolute Gasteiger partial charge is 0.416 e. The molecule has 1 atom stereocenters. The van der Waals surface area contributed by atoms with Crippen LogP contribution in [0.25, 0.3) is 0 Å². The van der Waals surface area contributed by atoms with Crippen LogP contribution in [-0.4, -0.2) is 49.9 Å². The van der Waals surface area contributed by atoms with Crippen molar-refractivity contribution in [3.05, 3.63) is 59.2 Å². The number of hydrogen-bond acceptors (Lipinski definition) is 4. The average Bonchev–Trinajstić information content (AvgIpc) is 3.19. The van der Waals surface area contributed by atoms with E-state index < -0.39 is 23.6 Å². The van der Waals surface area contributed by atoms with E-state index in [4.69, 9.17) is 0 Å². The number of likely N-dealkylation sites (N-methyl/N-ethyl adjacent to an activating group) is 1. The van der Waals surface area contributed by atoms with Gasteiger partial charge >= 0.3 is 18.0 Å². The summed E-state index contributed by atoms with van der Waals surface area (Å²) in [6.45, 7) is 3.03. The summed E-state index contributed by atoms with van der Waals surface area (Å²) in [7, 11) is 2.07. The zero-order valence-corrected chi connectivity index (χ0v) is 19.1. The number of benzene rings is 2. The Labute approximate surface area is 197 Å². The zero-order valence-electron chi connectivity index (χ0n) is 19.1. The van der Waals surface area contributed by atoms with E-state index in [0.717, 1.165) is 56.6 Å². The number of hydrogen-bond donors (Lipinski definition) is 2. The number of carbonyl (C=O) groups excluding carboxylic acids is 2. The topological polar surface area (TPSA) is 64.7 Å². The number of likely N-dealkylation sites (tertiary alicyclic amines) is 1. The molecule has 0 saturated carbocycles. The Balaban J connectivity index is 1.44. The predicted molar refractivity (Wildman–Crippen MR) is 125 cm³/mol. The average molecular weight is 475 g/mol. The van der Waals surface area contributed by atoms with Crippen LogP contribution < -0.4 is 15.5 Å². The van der Waals surface area contributed by atoms with Gasteiger partial charge < -0.3 is 15.5 Å². The molecule has 2 N–H and O–H groups in total. The van der Waals surface area contributed by atoms with Crippen LogP contribution in [0.4, 0.5) is 24.5 Å². The minimum Gasteiger partial charge on any atom is -0.374 e. The van der Waals surface area contributed by atoms with Gasteiger partial charge in [-0.25, -0.2) is 0 Å². The predicted octanol–water partition coefficient (Wildman–Crippen LogP) is 3.98. The minimum atomic E-state index is -4.53. The van der Waals surface area contributed by atoms with Gasteiger partial charge in [0.15, 0.2) is 0 Å². The fraction of sp³-hybridized carbons (Fsp3) is 0.440. The summed E-state index contributed by atoms with van der Waals surface area (Å²) in [6.07, 6.45) is -0.236. The Morgan fingerprint density at radius 2 is 1.76 bits per heavy atom. The zero-order chi connectivity index (χ0) is 24.3. The molecule has 4 rings (SSSR count). The van der Waals surface area contributed by atoms with Gasteiger partial charge in [-0.1, -0.05) is 24.6 Å². The lowest BCUT2D eigenvalue weighted by Gasteiger charge is -2.35.